The Kier molecular flexibility index (Phi) is 5.26. The molecule has 0 atom stereocenters. The van der Waals surface area contributed by atoms with Crippen LogP contribution in [0.25, 0.3) is 6.08 Å². The lowest BCUT2D eigenvalue weighted by molar-refractivity contribution is 0.756. The second kappa shape index (κ2) is 7.50. The number of benzene rings is 1. The van der Waals surface area contributed by atoms with Gasteiger partial charge in [-0.1, -0.05) is 72.9 Å². The van der Waals surface area contributed by atoms with E-state index in [2.05, 4.69) is 66.8 Å². The number of allylic oxidation sites excluding steroid dienone is 7. The van der Waals surface area contributed by atoms with Gasteiger partial charge in [0.2, 0.25) is 0 Å². The number of hydrogen-bond donors (Lipinski definition) is 0. The highest BCUT2D eigenvalue weighted by molar-refractivity contribution is 5.51. The van der Waals surface area contributed by atoms with Crippen molar-refractivity contribution in [2.24, 2.45) is 0 Å². The van der Waals surface area contributed by atoms with Crippen LogP contribution in [0.4, 0.5) is 0 Å². The van der Waals surface area contributed by atoms with Crippen LogP contribution in [0.3, 0.4) is 0 Å². The maximum Gasteiger partial charge on any atom is -0.0257 e. The second-order valence-corrected chi connectivity index (χ2v) is 4.52. The van der Waals surface area contributed by atoms with Crippen LogP contribution >= 0.6 is 0 Å². The summed E-state index contributed by atoms with van der Waals surface area (Å²) < 4.78 is 0. The van der Waals surface area contributed by atoms with Crippen LogP contribution < -0.4 is 0 Å². The Bertz CT molecular complexity index is 458. The van der Waals surface area contributed by atoms with E-state index in [1.807, 2.05) is 6.07 Å². The molecule has 2 rings (SSSR count). The predicted octanol–water partition coefficient (Wildman–Crippen LogP) is 5.31. The van der Waals surface area contributed by atoms with Gasteiger partial charge in [0.1, 0.15) is 0 Å². The molecule has 1 aromatic carbocycles. The molecular weight excluding hydrogens is 216 g/mol. The molecule has 0 bridgehead atoms. The summed E-state index contributed by atoms with van der Waals surface area (Å²) in [7, 11) is 0. The van der Waals surface area contributed by atoms with Crippen molar-refractivity contribution in [1.82, 2.24) is 0 Å². The van der Waals surface area contributed by atoms with E-state index in [0.717, 1.165) is 0 Å². The Morgan fingerprint density at radius 2 is 1.61 bits per heavy atom. The monoisotopic (exact) mass is 236 g/mol. The first-order chi connectivity index (χ1) is 8.95. The minimum absolute atomic E-state index is 1.20. The second-order valence-electron chi connectivity index (χ2n) is 4.52. The molecule has 0 saturated carbocycles. The van der Waals surface area contributed by atoms with Gasteiger partial charge in [0.15, 0.2) is 0 Å². The van der Waals surface area contributed by atoms with E-state index < -0.39 is 0 Å². The molecule has 1 aliphatic carbocycles. The highest BCUT2D eigenvalue weighted by Gasteiger charge is 1.91. The van der Waals surface area contributed by atoms with Gasteiger partial charge < -0.3 is 0 Å². The predicted molar refractivity (Wildman–Crippen MR) is 80.3 cm³/mol. The normalized spacial score (nSPS) is 21.4. The van der Waals surface area contributed by atoms with E-state index in [0.29, 0.717) is 0 Å². The number of rotatable bonds is 3. The van der Waals surface area contributed by atoms with Crippen molar-refractivity contribution in [1.29, 1.82) is 0 Å². The van der Waals surface area contributed by atoms with Crippen LogP contribution in [0.1, 0.15) is 31.2 Å². The van der Waals surface area contributed by atoms with Crippen molar-refractivity contribution >= 4 is 6.08 Å². The third kappa shape index (κ3) is 4.58. The molecule has 1 aliphatic rings. The van der Waals surface area contributed by atoms with Crippen LogP contribution in [0, 0.1) is 0 Å². The van der Waals surface area contributed by atoms with Gasteiger partial charge in [-0.15, -0.1) is 0 Å². The average molecular weight is 236 g/mol. The molecule has 0 nitrogen and oxygen atoms in total. The lowest BCUT2D eigenvalue weighted by Gasteiger charge is -2.00. The smallest absolute Gasteiger partial charge is 0.0257 e. The van der Waals surface area contributed by atoms with Crippen molar-refractivity contribution in [3.63, 3.8) is 0 Å². The molecule has 0 N–H and O–H groups in total. The quantitative estimate of drug-likeness (QED) is 0.624. The van der Waals surface area contributed by atoms with Crippen LogP contribution in [-0.2, 0) is 0 Å². The highest BCUT2D eigenvalue weighted by atomic mass is 14.0. The summed E-state index contributed by atoms with van der Waals surface area (Å²) in [5.74, 6) is 0. The SMILES string of the molecule is C(C=Cc1ccccc1)=CC1=C/CCCC/C=C\1. The van der Waals surface area contributed by atoms with Crippen molar-refractivity contribution in [2.75, 3.05) is 0 Å². The Balaban J connectivity index is 1.92. The Morgan fingerprint density at radius 1 is 0.833 bits per heavy atom. The van der Waals surface area contributed by atoms with E-state index >= 15 is 0 Å². The summed E-state index contributed by atoms with van der Waals surface area (Å²) in [5.41, 5.74) is 2.57. The minimum Gasteiger partial charge on any atom is -0.0840 e. The molecule has 0 unspecified atom stereocenters. The molecule has 0 spiro atoms. The molecule has 0 heterocycles. The van der Waals surface area contributed by atoms with E-state index in [1.54, 1.807) is 0 Å². The number of hydrogen-bond acceptors (Lipinski definition) is 0. The topological polar surface area (TPSA) is 0 Å². The molecule has 0 fully saturated rings. The Labute approximate surface area is 110 Å². The minimum atomic E-state index is 1.20. The fourth-order valence-electron chi connectivity index (χ4n) is 1.98. The first-order valence-electron chi connectivity index (χ1n) is 6.72. The zero-order chi connectivity index (χ0) is 12.5. The summed E-state index contributed by atoms with van der Waals surface area (Å²) in [4.78, 5) is 0. The van der Waals surface area contributed by atoms with Gasteiger partial charge in [-0.05, 0) is 36.8 Å². The van der Waals surface area contributed by atoms with Crippen LogP contribution in [0.15, 0.2) is 72.4 Å². The van der Waals surface area contributed by atoms with Crippen molar-refractivity contribution in [3.8, 4) is 0 Å². The van der Waals surface area contributed by atoms with E-state index in [4.69, 9.17) is 0 Å². The van der Waals surface area contributed by atoms with Gasteiger partial charge in [0, 0.05) is 0 Å². The molecule has 0 aromatic heterocycles. The lowest BCUT2D eigenvalue weighted by atomic mass is 10.1. The maximum atomic E-state index is 2.32. The summed E-state index contributed by atoms with van der Waals surface area (Å²) in [6, 6.07) is 10.4. The first kappa shape index (κ1) is 12.6. The van der Waals surface area contributed by atoms with Gasteiger partial charge in [-0.3, -0.25) is 0 Å². The van der Waals surface area contributed by atoms with Gasteiger partial charge in [-0.2, -0.15) is 0 Å². The zero-order valence-electron chi connectivity index (χ0n) is 10.8. The third-order valence-electron chi connectivity index (χ3n) is 3.00. The average Bonchev–Trinajstić information content (AvgIpc) is 2.38. The molecule has 0 amide bonds. The first-order valence-corrected chi connectivity index (χ1v) is 6.72. The molecule has 0 heteroatoms. The van der Waals surface area contributed by atoms with Crippen molar-refractivity contribution in [2.45, 2.75) is 25.7 Å². The maximum absolute atomic E-state index is 2.32. The van der Waals surface area contributed by atoms with Gasteiger partial charge >= 0.3 is 0 Å². The molecule has 0 saturated heterocycles. The Morgan fingerprint density at radius 3 is 2.50 bits per heavy atom. The van der Waals surface area contributed by atoms with Crippen LogP contribution in [0.5, 0.6) is 0 Å². The molecule has 0 aliphatic heterocycles. The van der Waals surface area contributed by atoms with Crippen molar-refractivity contribution in [3.05, 3.63) is 77.9 Å². The van der Waals surface area contributed by atoms with E-state index in [9.17, 15) is 0 Å². The van der Waals surface area contributed by atoms with Gasteiger partial charge in [0.25, 0.3) is 0 Å². The van der Waals surface area contributed by atoms with E-state index in [1.165, 1.54) is 36.8 Å². The molecule has 1 aromatic rings. The highest BCUT2D eigenvalue weighted by Crippen LogP contribution is 2.11. The fourth-order valence-corrected chi connectivity index (χ4v) is 1.98. The van der Waals surface area contributed by atoms with E-state index in [-0.39, 0.29) is 0 Å². The summed E-state index contributed by atoms with van der Waals surface area (Å²) in [5, 5.41) is 0. The summed E-state index contributed by atoms with van der Waals surface area (Å²) >= 11 is 0. The standard InChI is InChI=1S/C18H20/c1-2-5-11-17(12-6-3-1)15-9-10-16-18-13-7-4-8-14-18/h4-5,7-16H,1-3,6H2/b11-5-,15-9?,16-10?,17-12+. The Hall–Kier alpha value is -1.82. The summed E-state index contributed by atoms with van der Waals surface area (Å²) in [6.45, 7) is 0. The molecular formula is C18H20. The van der Waals surface area contributed by atoms with Crippen LogP contribution in [-0.4, -0.2) is 0 Å². The lowest BCUT2D eigenvalue weighted by Crippen LogP contribution is -1.80. The fraction of sp³-hybridized carbons (Fsp3) is 0.222. The van der Waals surface area contributed by atoms with Gasteiger partial charge in [0.05, 0.1) is 0 Å². The molecule has 0 radical (unpaired) electrons. The molecule has 92 valence electrons. The third-order valence-corrected chi connectivity index (χ3v) is 3.00. The van der Waals surface area contributed by atoms with Crippen LogP contribution in [0.2, 0.25) is 0 Å². The molecule has 18 heavy (non-hydrogen) atoms. The van der Waals surface area contributed by atoms with Gasteiger partial charge in [-0.25, -0.2) is 0 Å². The van der Waals surface area contributed by atoms with Crippen molar-refractivity contribution < 1.29 is 0 Å². The summed E-state index contributed by atoms with van der Waals surface area (Å²) in [6.07, 6.45) is 20.4. The zero-order valence-corrected chi connectivity index (χ0v) is 10.8. The largest absolute Gasteiger partial charge is 0.0840 e.